The summed E-state index contributed by atoms with van der Waals surface area (Å²) in [5, 5.41) is 20.7. The number of benzene rings is 1. The predicted octanol–water partition coefficient (Wildman–Crippen LogP) is 1.56. The summed E-state index contributed by atoms with van der Waals surface area (Å²) in [6.07, 6.45) is -8.07. The summed E-state index contributed by atoms with van der Waals surface area (Å²) in [5.74, 6) is 0.620. The highest BCUT2D eigenvalue weighted by molar-refractivity contribution is 5.35. The Kier molecular flexibility index (Phi) is 6.44. The number of halogens is 3. The second-order valence-electron chi connectivity index (χ2n) is 4.95. The first kappa shape index (κ1) is 17.7. The first-order valence-electron chi connectivity index (χ1n) is 6.53. The minimum absolute atomic E-state index is 0.0426. The Morgan fingerprint density at radius 2 is 1.86 bits per heavy atom. The van der Waals surface area contributed by atoms with Crippen LogP contribution in [0.25, 0.3) is 0 Å². The number of nitrogens with one attached hydrogen (secondary N) is 1. The van der Waals surface area contributed by atoms with Crippen molar-refractivity contribution in [2.75, 3.05) is 19.7 Å². The average molecular weight is 307 g/mol. The van der Waals surface area contributed by atoms with Crippen LogP contribution in [0.3, 0.4) is 0 Å². The SMILES string of the molecule is Cc1ccc(OCC(O)CNCC(O)C(F)(F)F)c(C)c1. The first-order chi connectivity index (χ1) is 9.70. The van der Waals surface area contributed by atoms with Crippen LogP contribution in [0, 0.1) is 13.8 Å². The second-order valence-corrected chi connectivity index (χ2v) is 4.95. The quantitative estimate of drug-likeness (QED) is 0.715. The molecular formula is C14H20F3NO3. The Bertz CT molecular complexity index is 452. The van der Waals surface area contributed by atoms with Crippen LogP contribution in [0.15, 0.2) is 18.2 Å². The van der Waals surface area contributed by atoms with E-state index in [1.54, 1.807) is 6.07 Å². The van der Waals surface area contributed by atoms with Crippen molar-refractivity contribution in [3.8, 4) is 5.75 Å². The molecule has 0 amide bonds. The minimum atomic E-state index is -4.66. The lowest BCUT2D eigenvalue weighted by atomic mass is 10.1. The molecule has 1 rings (SSSR count). The molecule has 0 aliphatic rings. The molecule has 2 unspecified atom stereocenters. The third-order valence-electron chi connectivity index (χ3n) is 2.86. The molecule has 0 aromatic heterocycles. The molecule has 0 fully saturated rings. The van der Waals surface area contributed by atoms with Gasteiger partial charge in [0.2, 0.25) is 0 Å². The maximum atomic E-state index is 12.0. The maximum Gasteiger partial charge on any atom is 0.415 e. The van der Waals surface area contributed by atoms with E-state index in [4.69, 9.17) is 9.84 Å². The van der Waals surface area contributed by atoms with Gasteiger partial charge in [-0.2, -0.15) is 13.2 Å². The number of aliphatic hydroxyl groups is 2. The minimum Gasteiger partial charge on any atom is -0.491 e. The van der Waals surface area contributed by atoms with Crippen LogP contribution in [-0.2, 0) is 0 Å². The fourth-order valence-corrected chi connectivity index (χ4v) is 1.71. The smallest absolute Gasteiger partial charge is 0.415 e. The monoisotopic (exact) mass is 307 g/mol. The number of hydrogen-bond acceptors (Lipinski definition) is 4. The maximum absolute atomic E-state index is 12.0. The fourth-order valence-electron chi connectivity index (χ4n) is 1.71. The zero-order valence-electron chi connectivity index (χ0n) is 11.9. The molecule has 0 aliphatic carbocycles. The molecule has 0 saturated heterocycles. The molecule has 21 heavy (non-hydrogen) atoms. The van der Waals surface area contributed by atoms with Crippen molar-refractivity contribution < 1.29 is 28.1 Å². The second kappa shape index (κ2) is 7.63. The van der Waals surface area contributed by atoms with E-state index in [0.717, 1.165) is 11.1 Å². The Morgan fingerprint density at radius 3 is 2.43 bits per heavy atom. The number of aryl methyl sites for hydroxylation is 2. The van der Waals surface area contributed by atoms with Crippen molar-refractivity contribution in [2.24, 2.45) is 0 Å². The zero-order chi connectivity index (χ0) is 16.0. The van der Waals surface area contributed by atoms with Crippen LogP contribution in [0.5, 0.6) is 5.75 Å². The van der Waals surface area contributed by atoms with Gasteiger partial charge < -0.3 is 20.3 Å². The van der Waals surface area contributed by atoms with Gasteiger partial charge in [0.15, 0.2) is 6.10 Å². The van der Waals surface area contributed by atoms with Crippen molar-refractivity contribution in [2.45, 2.75) is 32.2 Å². The van der Waals surface area contributed by atoms with E-state index in [0.29, 0.717) is 5.75 Å². The molecule has 0 spiro atoms. The van der Waals surface area contributed by atoms with E-state index in [1.807, 2.05) is 26.0 Å². The summed E-state index contributed by atoms with van der Waals surface area (Å²) < 4.78 is 41.5. The van der Waals surface area contributed by atoms with Crippen LogP contribution >= 0.6 is 0 Å². The molecule has 120 valence electrons. The Labute approximate surface area is 121 Å². The van der Waals surface area contributed by atoms with Gasteiger partial charge in [0.25, 0.3) is 0 Å². The predicted molar refractivity (Wildman–Crippen MR) is 72.3 cm³/mol. The summed E-state index contributed by atoms with van der Waals surface area (Å²) in [6.45, 7) is 3.01. The zero-order valence-corrected chi connectivity index (χ0v) is 11.9. The van der Waals surface area contributed by atoms with Crippen molar-refractivity contribution >= 4 is 0 Å². The van der Waals surface area contributed by atoms with Gasteiger partial charge in [-0.1, -0.05) is 17.7 Å². The topological polar surface area (TPSA) is 61.7 Å². The van der Waals surface area contributed by atoms with Gasteiger partial charge >= 0.3 is 6.18 Å². The third-order valence-corrected chi connectivity index (χ3v) is 2.86. The molecule has 3 N–H and O–H groups in total. The lowest BCUT2D eigenvalue weighted by Crippen LogP contribution is -2.41. The van der Waals surface area contributed by atoms with Crippen LogP contribution in [0.2, 0.25) is 0 Å². The van der Waals surface area contributed by atoms with Gasteiger partial charge in [0.05, 0.1) is 0 Å². The standard InChI is InChI=1S/C14H20F3NO3/c1-9-3-4-12(10(2)5-9)21-8-11(19)6-18-7-13(20)14(15,16)17/h3-5,11,13,18-20H,6-8H2,1-2H3. The van der Waals surface area contributed by atoms with Crippen LogP contribution < -0.4 is 10.1 Å². The van der Waals surface area contributed by atoms with Crippen molar-refractivity contribution in [3.05, 3.63) is 29.3 Å². The molecule has 1 aromatic carbocycles. The van der Waals surface area contributed by atoms with Gasteiger partial charge in [-0.3, -0.25) is 0 Å². The van der Waals surface area contributed by atoms with Gasteiger partial charge in [-0.05, 0) is 25.5 Å². The molecule has 0 saturated carbocycles. The normalized spacial score (nSPS) is 14.8. The molecular weight excluding hydrogens is 287 g/mol. The number of aliphatic hydroxyl groups excluding tert-OH is 2. The van der Waals surface area contributed by atoms with Gasteiger partial charge in [0, 0.05) is 13.1 Å². The van der Waals surface area contributed by atoms with E-state index < -0.39 is 24.9 Å². The summed E-state index contributed by atoms with van der Waals surface area (Å²) in [6, 6.07) is 5.57. The molecule has 0 bridgehead atoms. The third kappa shape index (κ3) is 6.33. The molecule has 0 heterocycles. The highest BCUT2D eigenvalue weighted by Crippen LogP contribution is 2.19. The van der Waals surface area contributed by atoms with E-state index in [1.165, 1.54) is 0 Å². The number of rotatable bonds is 7. The van der Waals surface area contributed by atoms with Gasteiger partial charge in [-0.15, -0.1) is 0 Å². The number of alkyl halides is 3. The first-order valence-corrected chi connectivity index (χ1v) is 6.53. The van der Waals surface area contributed by atoms with Gasteiger partial charge in [0.1, 0.15) is 18.5 Å². The van der Waals surface area contributed by atoms with Crippen LogP contribution in [0.1, 0.15) is 11.1 Å². The molecule has 4 nitrogen and oxygen atoms in total. The highest BCUT2D eigenvalue weighted by Gasteiger charge is 2.37. The molecule has 1 aromatic rings. The Morgan fingerprint density at radius 1 is 1.19 bits per heavy atom. The highest BCUT2D eigenvalue weighted by atomic mass is 19.4. The summed E-state index contributed by atoms with van der Waals surface area (Å²) in [4.78, 5) is 0. The van der Waals surface area contributed by atoms with E-state index in [2.05, 4.69) is 5.32 Å². The van der Waals surface area contributed by atoms with Crippen LogP contribution in [0.4, 0.5) is 13.2 Å². The summed E-state index contributed by atoms with van der Waals surface area (Å²) in [5.41, 5.74) is 2.01. The molecule has 0 radical (unpaired) electrons. The van der Waals surface area contributed by atoms with Gasteiger partial charge in [-0.25, -0.2) is 0 Å². The lowest BCUT2D eigenvalue weighted by molar-refractivity contribution is -0.202. The average Bonchev–Trinajstić information content (AvgIpc) is 2.36. The Balaban J connectivity index is 2.30. The summed E-state index contributed by atoms with van der Waals surface area (Å²) in [7, 11) is 0. The number of hydrogen-bond donors (Lipinski definition) is 3. The van der Waals surface area contributed by atoms with Crippen molar-refractivity contribution in [1.82, 2.24) is 5.32 Å². The van der Waals surface area contributed by atoms with E-state index in [9.17, 15) is 18.3 Å². The number of ether oxygens (including phenoxy) is 1. The Hall–Kier alpha value is -1.31. The molecule has 2 atom stereocenters. The fraction of sp³-hybridized carbons (Fsp3) is 0.571. The summed E-state index contributed by atoms with van der Waals surface area (Å²) >= 11 is 0. The van der Waals surface area contributed by atoms with E-state index >= 15 is 0 Å². The van der Waals surface area contributed by atoms with Crippen LogP contribution in [-0.4, -0.2) is 48.3 Å². The van der Waals surface area contributed by atoms with E-state index in [-0.39, 0.29) is 13.2 Å². The molecule has 0 aliphatic heterocycles. The van der Waals surface area contributed by atoms with Crippen molar-refractivity contribution in [1.29, 1.82) is 0 Å². The largest absolute Gasteiger partial charge is 0.491 e. The lowest BCUT2D eigenvalue weighted by Gasteiger charge is -2.17. The molecule has 7 heteroatoms. The van der Waals surface area contributed by atoms with Crippen molar-refractivity contribution in [3.63, 3.8) is 0 Å².